The molecule has 1 aliphatic heterocycles. The number of alkyl halides is 6. The van der Waals surface area contributed by atoms with E-state index in [0.717, 1.165) is 25.2 Å². The van der Waals surface area contributed by atoms with E-state index in [1.165, 1.54) is 24.5 Å². The highest BCUT2D eigenvalue weighted by molar-refractivity contribution is 7.87. The van der Waals surface area contributed by atoms with Gasteiger partial charge in [-0.1, -0.05) is 12.1 Å². The van der Waals surface area contributed by atoms with E-state index in [-0.39, 0.29) is 16.2 Å². The van der Waals surface area contributed by atoms with Gasteiger partial charge in [0.05, 0.1) is 11.8 Å². The average Bonchev–Trinajstić information content (AvgIpc) is 3.38. The van der Waals surface area contributed by atoms with Crippen LogP contribution in [0.5, 0.6) is 5.75 Å². The summed E-state index contributed by atoms with van der Waals surface area (Å²) in [7, 11) is -4.19. The van der Waals surface area contributed by atoms with Crippen LogP contribution < -0.4 is 15.2 Å². The molecule has 0 radical (unpaired) electrons. The van der Waals surface area contributed by atoms with Gasteiger partial charge in [-0.05, 0) is 37.3 Å². The Balaban J connectivity index is 0.000000402. The summed E-state index contributed by atoms with van der Waals surface area (Å²) >= 11 is 0. The maximum Gasteiger partial charge on any atom is 0.490 e. The van der Waals surface area contributed by atoms with Crippen LogP contribution >= 0.6 is 0 Å². The van der Waals surface area contributed by atoms with Crippen molar-refractivity contribution < 1.29 is 68.0 Å². The number of hydrogen-bond acceptors (Lipinski definition) is 9. The van der Waals surface area contributed by atoms with Crippen molar-refractivity contribution in [2.24, 2.45) is 5.73 Å². The van der Waals surface area contributed by atoms with E-state index in [0.29, 0.717) is 23.6 Å². The number of carbonyl (C=O) groups excluding carboxylic acids is 1. The number of halogens is 6. The molecule has 2 aromatic carbocycles. The molecule has 5 N–H and O–H groups in total. The average molecular weight is 658 g/mol. The topological polar surface area (TPSA) is 189 Å². The van der Waals surface area contributed by atoms with Crippen LogP contribution in [0, 0.1) is 0 Å². The largest absolute Gasteiger partial charge is 0.490 e. The summed E-state index contributed by atoms with van der Waals surface area (Å²) in [6, 6.07) is 11.1. The molecule has 1 atom stereocenters. The lowest BCUT2D eigenvalue weighted by molar-refractivity contribution is -0.193. The lowest BCUT2D eigenvalue weighted by Crippen LogP contribution is -2.48. The van der Waals surface area contributed by atoms with Gasteiger partial charge in [0.1, 0.15) is 10.5 Å². The zero-order valence-corrected chi connectivity index (χ0v) is 23.3. The molecule has 0 bridgehead atoms. The van der Waals surface area contributed by atoms with Gasteiger partial charge in [0, 0.05) is 43.2 Å². The normalized spacial score (nSPS) is 15.8. The second kappa shape index (κ2) is 14.4. The summed E-state index contributed by atoms with van der Waals surface area (Å²) in [5.41, 5.74) is 6.75. The Morgan fingerprint density at radius 1 is 1.05 bits per heavy atom. The molecule has 3 aromatic rings. The Kier molecular flexibility index (Phi) is 11.7. The molecule has 1 amide bonds. The number of nitrogens with one attached hydrogen (secondary N) is 1. The van der Waals surface area contributed by atoms with E-state index in [9.17, 15) is 39.6 Å². The van der Waals surface area contributed by atoms with Gasteiger partial charge in [0.2, 0.25) is 0 Å². The predicted molar refractivity (Wildman–Crippen MR) is 139 cm³/mol. The van der Waals surface area contributed by atoms with Gasteiger partial charge >= 0.3 is 34.4 Å². The fourth-order valence-corrected chi connectivity index (χ4v) is 4.73. The minimum Gasteiger partial charge on any atom is -0.475 e. The summed E-state index contributed by atoms with van der Waals surface area (Å²) in [4.78, 5) is 31.6. The van der Waals surface area contributed by atoms with Crippen LogP contribution in [0.3, 0.4) is 0 Å². The number of carbonyl (C=O) groups is 3. The van der Waals surface area contributed by atoms with Crippen molar-refractivity contribution >= 4 is 38.9 Å². The van der Waals surface area contributed by atoms with Gasteiger partial charge in [0.15, 0.2) is 5.75 Å². The molecule has 44 heavy (non-hydrogen) atoms. The number of benzene rings is 2. The van der Waals surface area contributed by atoms with Crippen LogP contribution in [-0.4, -0.2) is 79.4 Å². The Morgan fingerprint density at radius 2 is 1.61 bits per heavy atom. The monoisotopic (exact) mass is 657 g/mol. The third-order valence-electron chi connectivity index (χ3n) is 5.57. The first-order valence-corrected chi connectivity index (χ1v) is 13.5. The van der Waals surface area contributed by atoms with Crippen LogP contribution in [0.4, 0.5) is 26.3 Å². The molecule has 0 saturated carbocycles. The number of carboxylic acid groups (broad SMARTS) is 2. The van der Waals surface area contributed by atoms with Crippen molar-refractivity contribution in [1.82, 2.24) is 10.2 Å². The third-order valence-corrected chi connectivity index (χ3v) is 6.79. The SMILES string of the molecule is C[C@@H]1CN(Cc2cc(S(=O)(=O)Oc3ccccc3C(N)=O)cc3ccoc23)CCN1.O=C(O)C(F)(F)F.O=C(O)C(F)(F)F. The Labute approximate surface area is 245 Å². The van der Waals surface area contributed by atoms with Crippen molar-refractivity contribution in [2.45, 2.75) is 36.8 Å². The molecule has 1 saturated heterocycles. The molecule has 19 heteroatoms. The Hall–Kier alpha value is -4.36. The van der Waals surface area contributed by atoms with E-state index in [1.807, 2.05) is 0 Å². The van der Waals surface area contributed by atoms with Gasteiger partial charge in [0.25, 0.3) is 5.91 Å². The van der Waals surface area contributed by atoms with Crippen LogP contribution in [0.2, 0.25) is 0 Å². The summed E-state index contributed by atoms with van der Waals surface area (Å²) in [5, 5.41) is 18.3. The van der Waals surface area contributed by atoms with E-state index in [2.05, 4.69) is 17.1 Å². The lowest BCUT2D eigenvalue weighted by atomic mass is 10.1. The number of carboxylic acids is 2. The number of para-hydroxylation sites is 1. The Morgan fingerprint density at radius 3 is 2.14 bits per heavy atom. The molecule has 2 heterocycles. The van der Waals surface area contributed by atoms with E-state index >= 15 is 0 Å². The number of fused-ring (bicyclic) bond motifs is 1. The molecule has 1 fully saturated rings. The van der Waals surface area contributed by atoms with Gasteiger partial charge in [-0.25, -0.2) is 9.59 Å². The number of nitrogens with two attached hydrogens (primary N) is 1. The fraction of sp³-hybridized carbons (Fsp3) is 0.320. The van der Waals surface area contributed by atoms with Crippen LogP contribution in [0.25, 0.3) is 11.0 Å². The standard InChI is InChI=1S/C21H23N3O5S.2C2HF3O2/c1-14-12-24(8-7-23-14)13-16-11-17(10-15-6-9-28-20(15)16)30(26,27)29-19-5-3-2-4-18(19)21(22)25;2*3-2(4,5)1(6)7/h2-6,9-11,14,23H,7-8,12-13H2,1H3,(H2,22,25);2*(H,6,7)/t14-;;/m1../s1. The minimum atomic E-state index is -5.08. The maximum atomic E-state index is 13.0. The summed E-state index contributed by atoms with van der Waals surface area (Å²) in [6.45, 7) is 5.23. The number of nitrogens with zero attached hydrogens (tertiary/aromatic N) is 1. The Bertz CT molecular complexity index is 1570. The van der Waals surface area contributed by atoms with Gasteiger partial charge in [-0.2, -0.15) is 34.8 Å². The molecule has 0 unspecified atom stereocenters. The second-order valence-corrected chi connectivity index (χ2v) is 10.6. The number of piperazine rings is 1. The number of primary amides is 1. The summed E-state index contributed by atoms with van der Waals surface area (Å²) in [6.07, 6.45) is -8.63. The second-order valence-electron chi connectivity index (χ2n) is 9.02. The molecular weight excluding hydrogens is 632 g/mol. The molecule has 12 nitrogen and oxygen atoms in total. The third kappa shape index (κ3) is 10.4. The molecular formula is C25H25F6N3O9S. The lowest BCUT2D eigenvalue weighted by Gasteiger charge is -2.31. The van der Waals surface area contributed by atoms with E-state index in [4.69, 9.17) is 34.1 Å². The number of amides is 1. The van der Waals surface area contributed by atoms with Crippen molar-refractivity contribution in [3.8, 4) is 5.75 Å². The first-order valence-electron chi connectivity index (χ1n) is 12.1. The van der Waals surface area contributed by atoms with E-state index < -0.39 is 40.3 Å². The smallest absolute Gasteiger partial charge is 0.475 e. The highest BCUT2D eigenvalue weighted by Gasteiger charge is 2.39. The number of aliphatic carboxylic acids is 2. The van der Waals surface area contributed by atoms with Crippen LogP contribution in [0.1, 0.15) is 22.8 Å². The van der Waals surface area contributed by atoms with Gasteiger partial charge in [-0.15, -0.1) is 0 Å². The minimum absolute atomic E-state index is 0.000456. The molecule has 1 aromatic heterocycles. The predicted octanol–water partition coefficient (Wildman–Crippen LogP) is 3.36. The van der Waals surface area contributed by atoms with E-state index in [1.54, 1.807) is 24.3 Å². The number of rotatable bonds is 6. The highest BCUT2D eigenvalue weighted by Crippen LogP contribution is 2.29. The van der Waals surface area contributed by atoms with Crippen molar-refractivity contribution in [3.63, 3.8) is 0 Å². The molecule has 1 aliphatic rings. The summed E-state index contributed by atoms with van der Waals surface area (Å²) < 4.78 is 100. The zero-order chi connectivity index (χ0) is 33.5. The highest BCUT2D eigenvalue weighted by atomic mass is 32.2. The van der Waals surface area contributed by atoms with Crippen molar-refractivity contribution in [2.75, 3.05) is 19.6 Å². The molecule has 0 spiro atoms. The first kappa shape index (κ1) is 35.8. The van der Waals surface area contributed by atoms with Crippen LogP contribution in [0.15, 0.2) is 58.0 Å². The van der Waals surface area contributed by atoms with Crippen LogP contribution in [-0.2, 0) is 26.3 Å². The van der Waals surface area contributed by atoms with Gasteiger partial charge in [-0.3, -0.25) is 9.69 Å². The van der Waals surface area contributed by atoms with Crippen molar-refractivity contribution in [1.29, 1.82) is 0 Å². The maximum absolute atomic E-state index is 13.0. The fourth-order valence-electron chi connectivity index (χ4n) is 3.69. The first-order chi connectivity index (χ1) is 20.2. The summed E-state index contributed by atoms with van der Waals surface area (Å²) in [5.74, 6) is -6.38. The quantitative estimate of drug-likeness (QED) is 0.225. The number of furan rings is 1. The molecule has 242 valence electrons. The molecule has 4 rings (SSSR count). The van der Waals surface area contributed by atoms with Gasteiger partial charge < -0.3 is 29.9 Å². The van der Waals surface area contributed by atoms with Crippen molar-refractivity contribution in [3.05, 3.63) is 59.9 Å². The zero-order valence-electron chi connectivity index (χ0n) is 22.5. The molecule has 0 aliphatic carbocycles. The number of hydrogen-bond donors (Lipinski definition) is 4.